The fraction of sp³-hybridized carbons (Fsp3) is 0.588. The molecule has 1 aliphatic carbocycles. The van der Waals surface area contributed by atoms with Crippen LogP contribution in [0.4, 0.5) is 5.69 Å². The highest BCUT2D eigenvalue weighted by Crippen LogP contribution is 2.25. The lowest BCUT2D eigenvalue weighted by molar-refractivity contribution is -0.116. The molecule has 1 aromatic carbocycles. The molecule has 0 saturated heterocycles. The molecule has 0 heterocycles. The number of sulfonamides is 1. The summed E-state index contributed by atoms with van der Waals surface area (Å²) in [6.45, 7) is 3.74. The first-order valence-corrected chi connectivity index (χ1v) is 10.1. The molecule has 24 heavy (non-hydrogen) atoms. The monoisotopic (exact) mass is 354 g/mol. The molecule has 1 N–H and O–H groups in total. The maximum Gasteiger partial charge on any atom is 0.239 e. The third kappa shape index (κ3) is 5.49. The predicted octanol–water partition coefficient (Wildman–Crippen LogP) is 2.62. The third-order valence-corrected chi connectivity index (χ3v) is 5.25. The summed E-state index contributed by atoms with van der Waals surface area (Å²) in [6.07, 6.45) is 4.91. The number of carbonyl (C=O) groups excluding carboxylic acids is 1. The second kappa shape index (κ2) is 7.98. The van der Waals surface area contributed by atoms with Gasteiger partial charge in [0.05, 0.1) is 18.9 Å². The zero-order valence-electron chi connectivity index (χ0n) is 14.5. The number of amides is 1. The standard InChI is InChI=1S/C17H26N2O4S/c1-13(2)23-16-10-8-14(9-11-16)18-17(20)12-19(24(3,21)22)15-6-4-5-7-15/h8-11,13,15H,4-7,12H2,1-3H3,(H,18,20). The van der Waals surface area contributed by atoms with Gasteiger partial charge in [0.15, 0.2) is 0 Å². The SMILES string of the molecule is CC(C)Oc1ccc(NC(=O)CN(C2CCCC2)S(C)(=O)=O)cc1. The number of nitrogens with zero attached hydrogens (tertiary/aromatic N) is 1. The number of rotatable bonds is 7. The zero-order valence-corrected chi connectivity index (χ0v) is 15.3. The molecular formula is C17H26N2O4S. The maximum atomic E-state index is 12.2. The molecule has 1 aliphatic rings. The first-order chi connectivity index (χ1) is 11.3. The number of hydrogen-bond donors (Lipinski definition) is 1. The molecule has 0 aliphatic heterocycles. The summed E-state index contributed by atoms with van der Waals surface area (Å²) in [4.78, 5) is 12.2. The van der Waals surface area contributed by atoms with Gasteiger partial charge in [0, 0.05) is 11.7 Å². The van der Waals surface area contributed by atoms with E-state index in [9.17, 15) is 13.2 Å². The molecule has 1 saturated carbocycles. The molecule has 0 aromatic heterocycles. The molecule has 7 heteroatoms. The summed E-state index contributed by atoms with van der Waals surface area (Å²) in [5, 5.41) is 2.75. The minimum Gasteiger partial charge on any atom is -0.491 e. The summed E-state index contributed by atoms with van der Waals surface area (Å²) >= 11 is 0. The van der Waals surface area contributed by atoms with Crippen molar-refractivity contribution in [1.82, 2.24) is 4.31 Å². The predicted molar refractivity (Wildman–Crippen MR) is 94.6 cm³/mol. The molecule has 2 rings (SSSR count). The first-order valence-electron chi connectivity index (χ1n) is 8.29. The zero-order chi connectivity index (χ0) is 17.7. The van der Waals surface area contributed by atoms with E-state index in [0.29, 0.717) is 5.69 Å². The van der Waals surface area contributed by atoms with Crippen molar-refractivity contribution in [1.29, 1.82) is 0 Å². The van der Waals surface area contributed by atoms with Crippen LogP contribution in [0.25, 0.3) is 0 Å². The van der Waals surface area contributed by atoms with Crippen molar-refractivity contribution in [2.24, 2.45) is 0 Å². The summed E-state index contributed by atoms with van der Waals surface area (Å²) in [7, 11) is -3.40. The molecule has 1 aromatic rings. The van der Waals surface area contributed by atoms with Crippen LogP contribution in [0.3, 0.4) is 0 Å². The molecule has 0 unspecified atom stereocenters. The van der Waals surface area contributed by atoms with E-state index in [4.69, 9.17) is 4.74 Å². The van der Waals surface area contributed by atoms with E-state index in [2.05, 4.69) is 5.32 Å². The van der Waals surface area contributed by atoms with E-state index >= 15 is 0 Å². The molecule has 0 spiro atoms. The Labute approximate surface area is 144 Å². The second-order valence-electron chi connectivity index (χ2n) is 6.49. The van der Waals surface area contributed by atoms with Crippen LogP contribution in [-0.2, 0) is 14.8 Å². The number of ether oxygens (including phenoxy) is 1. The van der Waals surface area contributed by atoms with Gasteiger partial charge in [-0.15, -0.1) is 0 Å². The minimum absolute atomic E-state index is 0.0624. The van der Waals surface area contributed by atoms with Crippen molar-refractivity contribution < 1.29 is 17.9 Å². The molecule has 1 fully saturated rings. The van der Waals surface area contributed by atoms with Crippen molar-refractivity contribution in [2.75, 3.05) is 18.1 Å². The van der Waals surface area contributed by atoms with E-state index in [1.165, 1.54) is 4.31 Å². The molecule has 0 radical (unpaired) electrons. The first kappa shape index (κ1) is 18.7. The van der Waals surface area contributed by atoms with E-state index in [1.54, 1.807) is 24.3 Å². The van der Waals surface area contributed by atoms with Gasteiger partial charge in [0.25, 0.3) is 0 Å². The summed E-state index contributed by atoms with van der Waals surface area (Å²) in [6, 6.07) is 6.99. The van der Waals surface area contributed by atoms with Gasteiger partial charge < -0.3 is 10.1 Å². The Morgan fingerprint density at radius 3 is 2.33 bits per heavy atom. The molecule has 0 bridgehead atoms. The topological polar surface area (TPSA) is 75.7 Å². The van der Waals surface area contributed by atoms with E-state index in [1.807, 2.05) is 13.8 Å². The maximum absolute atomic E-state index is 12.2. The largest absolute Gasteiger partial charge is 0.491 e. The number of hydrogen-bond acceptors (Lipinski definition) is 4. The lowest BCUT2D eigenvalue weighted by Crippen LogP contribution is -2.43. The normalized spacial score (nSPS) is 15.9. The van der Waals surface area contributed by atoms with Crippen LogP contribution >= 0.6 is 0 Å². The average molecular weight is 354 g/mol. The molecule has 0 atom stereocenters. The number of carbonyl (C=O) groups is 1. The Morgan fingerprint density at radius 2 is 1.83 bits per heavy atom. The van der Waals surface area contributed by atoms with Gasteiger partial charge in [-0.3, -0.25) is 4.79 Å². The Balaban J connectivity index is 1.97. The Morgan fingerprint density at radius 1 is 1.25 bits per heavy atom. The summed E-state index contributed by atoms with van der Waals surface area (Å²) in [5.41, 5.74) is 0.621. The van der Waals surface area contributed by atoms with Gasteiger partial charge in [0.1, 0.15) is 5.75 Å². The van der Waals surface area contributed by atoms with Gasteiger partial charge in [-0.25, -0.2) is 8.42 Å². The second-order valence-corrected chi connectivity index (χ2v) is 8.42. The Kier molecular flexibility index (Phi) is 6.23. The Hall–Kier alpha value is -1.60. The van der Waals surface area contributed by atoms with Gasteiger partial charge in [-0.05, 0) is 51.0 Å². The molecule has 134 valence electrons. The third-order valence-electron chi connectivity index (χ3n) is 3.97. The van der Waals surface area contributed by atoms with Crippen LogP contribution in [-0.4, -0.2) is 43.6 Å². The lowest BCUT2D eigenvalue weighted by Gasteiger charge is -2.25. The molecule has 6 nitrogen and oxygen atoms in total. The fourth-order valence-corrected chi connectivity index (χ4v) is 4.04. The average Bonchev–Trinajstić information content (AvgIpc) is 2.99. The highest BCUT2D eigenvalue weighted by atomic mass is 32.2. The van der Waals surface area contributed by atoms with Crippen molar-refractivity contribution in [3.05, 3.63) is 24.3 Å². The fourth-order valence-electron chi connectivity index (χ4n) is 2.94. The van der Waals surface area contributed by atoms with Crippen molar-refractivity contribution in [3.8, 4) is 5.75 Å². The number of anilines is 1. The van der Waals surface area contributed by atoms with Crippen molar-refractivity contribution in [3.63, 3.8) is 0 Å². The van der Waals surface area contributed by atoms with Crippen molar-refractivity contribution in [2.45, 2.75) is 51.7 Å². The van der Waals surface area contributed by atoms with Crippen LogP contribution in [0.15, 0.2) is 24.3 Å². The van der Waals surface area contributed by atoms with Crippen LogP contribution in [0.1, 0.15) is 39.5 Å². The lowest BCUT2D eigenvalue weighted by atomic mass is 10.2. The van der Waals surface area contributed by atoms with Crippen LogP contribution < -0.4 is 10.1 Å². The van der Waals surface area contributed by atoms with Gasteiger partial charge in [-0.1, -0.05) is 12.8 Å². The Bertz CT molecular complexity index is 650. The van der Waals surface area contributed by atoms with Crippen molar-refractivity contribution >= 4 is 21.6 Å². The number of nitrogens with one attached hydrogen (secondary N) is 1. The number of benzene rings is 1. The minimum atomic E-state index is -3.40. The summed E-state index contributed by atoms with van der Waals surface area (Å²) < 4.78 is 30.8. The van der Waals surface area contributed by atoms with E-state index in [0.717, 1.165) is 37.7 Å². The van der Waals surface area contributed by atoms with E-state index in [-0.39, 0.29) is 24.6 Å². The van der Waals surface area contributed by atoms with Crippen LogP contribution in [0.2, 0.25) is 0 Å². The van der Waals surface area contributed by atoms with Gasteiger partial charge in [-0.2, -0.15) is 4.31 Å². The highest BCUT2D eigenvalue weighted by molar-refractivity contribution is 7.88. The molecular weight excluding hydrogens is 328 g/mol. The molecule has 1 amide bonds. The summed E-state index contributed by atoms with van der Waals surface area (Å²) in [5.74, 6) is 0.400. The quantitative estimate of drug-likeness (QED) is 0.817. The van der Waals surface area contributed by atoms with E-state index < -0.39 is 10.0 Å². The highest BCUT2D eigenvalue weighted by Gasteiger charge is 2.30. The van der Waals surface area contributed by atoms with Gasteiger partial charge in [0.2, 0.25) is 15.9 Å². The smallest absolute Gasteiger partial charge is 0.239 e. The van der Waals surface area contributed by atoms with Crippen LogP contribution in [0.5, 0.6) is 5.75 Å². The van der Waals surface area contributed by atoms with Gasteiger partial charge >= 0.3 is 0 Å². The van der Waals surface area contributed by atoms with Crippen LogP contribution in [0, 0.1) is 0 Å².